The molecule has 0 unspecified atom stereocenters. The minimum atomic E-state index is -3.63. The van der Waals surface area contributed by atoms with Crippen LogP contribution in [0.3, 0.4) is 0 Å². The minimum absolute atomic E-state index is 0.134. The topological polar surface area (TPSA) is 87.5 Å². The maximum absolute atomic E-state index is 12.4. The number of esters is 1. The minimum Gasteiger partial charge on any atom is -0.469 e. The number of nitrogens with zero attached hydrogens (tertiary/aromatic N) is 2. The molecular formula is C12H14N2O4S2. The van der Waals surface area contributed by atoms with E-state index in [2.05, 4.69) is 4.74 Å². The van der Waals surface area contributed by atoms with Crippen molar-refractivity contribution in [3.05, 3.63) is 17.0 Å². The second-order valence-electron chi connectivity index (χ2n) is 4.46. The van der Waals surface area contributed by atoms with Gasteiger partial charge in [0.1, 0.15) is 15.2 Å². The first-order valence-electron chi connectivity index (χ1n) is 6.07. The van der Waals surface area contributed by atoms with Gasteiger partial charge in [-0.15, -0.1) is 11.3 Å². The Kier molecular flexibility index (Phi) is 4.42. The lowest BCUT2D eigenvalue weighted by Gasteiger charge is -2.29. The fraction of sp³-hybridized carbons (Fsp3) is 0.500. The standard InChI is InChI=1S/C12H14N2O4S2/c1-18-12(15)9-3-2-6-14(8-9)20(16,17)11-5-4-10(7-13)19-11/h4-5,9H,2-3,6,8H2,1H3/t9-/m0/s1. The van der Waals surface area contributed by atoms with E-state index in [0.29, 0.717) is 24.3 Å². The van der Waals surface area contributed by atoms with Crippen molar-refractivity contribution in [1.82, 2.24) is 4.31 Å². The van der Waals surface area contributed by atoms with Gasteiger partial charge < -0.3 is 4.74 Å². The molecule has 0 bridgehead atoms. The average Bonchev–Trinajstić information content (AvgIpc) is 2.96. The lowest BCUT2D eigenvalue weighted by Crippen LogP contribution is -2.42. The largest absolute Gasteiger partial charge is 0.469 e. The first-order chi connectivity index (χ1) is 9.48. The molecule has 6 nitrogen and oxygen atoms in total. The molecule has 0 spiro atoms. The quantitative estimate of drug-likeness (QED) is 0.782. The van der Waals surface area contributed by atoms with E-state index in [1.807, 2.05) is 6.07 Å². The summed E-state index contributed by atoms with van der Waals surface area (Å²) in [7, 11) is -2.33. The number of sulfonamides is 1. The number of rotatable bonds is 3. The molecule has 1 aromatic heterocycles. The Hall–Kier alpha value is -1.43. The predicted molar refractivity (Wildman–Crippen MR) is 72.5 cm³/mol. The normalized spacial score (nSPS) is 20.3. The van der Waals surface area contributed by atoms with Crippen LogP contribution in [0.4, 0.5) is 0 Å². The van der Waals surface area contributed by atoms with Crippen molar-refractivity contribution in [2.75, 3.05) is 20.2 Å². The summed E-state index contributed by atoms with van der Waals surface area (Å²) in [6.45, 7) is 0.518. The number of hydrogen-bond donors (Lipinski definition) is 0. The molecule has 0 aromatic carbocycles. The van der Waals surface area contributed by atoms with Gasteiger partial charge in [-0.2, -0.15) is 9.57 Å². The summed E-state index contributed by atoms with van der Waals surface area (Å²) in [6.07, 6.45) is 1.25. The second-order valence-corrected chi connectivity index (χ2v) is 7.70. The van der Waals surface area contributed by atoms with E-state index in [9.17, 15) is 13.2 Å². The number of methoxy groups -OCH3 is 1. The van der Waals surface area contributed by atoms with Crippen LogP contribution in [0.15, 0.2) is 16.3 Å². The average molecular weight is 314 g/mol. The summed E-state index contributed by atoms with van der Waals surface area (Å²) in [5.41, 5.74) is 0. The molecule has 8 heteroatoms. The molecule has 1 aliphatic heterocycles. The van der Waals surface area contributed by atoms with Crippen LogP contribution in [0.1, 0.15) is 17.7 Å². The van der Waals surface area contributed by atoms with E-state index >= 15 is 0 Å². The van der Waals surface area contributed by atoms with Crippen LogP contribution < -0.4 is 0 Å². The zero-order valence-electron chi connectivity index (χ0n) is 10.9. The van der Waals surface area contributed by atoms with E-state index in [0.717, 1.165) is 11.3 Å². The summed E-state index contributed by atoms with van der Waals surface area (Å²) >= 11 is 0.942. The Morgan fingerprint density at radius 2 is 2.30 bits per heavy atom. The van der Waals surface area contributed by atoms with E-state index < -0.39 is 15.9 Å². The fourth-order valence-electron chi connectivity index (χ4n) is 2.17. The monoisotopic (exact) mass is 314 g/mol. The van der Waals surface area contributed by atoms with E-state index in [4.69, 9.17) is 5.26 Å². The van der Waals surface area contributed by atoms with Crippen molar-refractivity contribution in [1.29, 1.82) is 5.26 Å². The molecule has 0 amide bonds. The molecule has 2 heterocycles. The molecule has 1 aromatic rings. The van der Waals surface area contributed by atoms with Crippen LogP contribution in [-0.4, -0.2) is 38.9 Å². The third kappa shape index (κ3) is 2.85. The number of nitriles is 1. The zero-order valence-corrected chi connectivity index (χ0v) is 12.5. The molecule has 0 N–H and O–H groups in total. The highest BCUT2D eigenvalue weighted by Crippen LogP contribution is 2.28. The SMILES string of the molecule is COC(=O)[C@H]1CCCN(S(=O)(=O)c2ccc(C#N)s2)C1. The number of ether oxygens (including phenoxy) is 1. The Bertz CT molecular complexity index is 645. The lowest BCUT2D eigenvalue weighted by molar-refractivity contribution is -0.146. The van der Waals surface area contributed by atoms with Gasteiger partial charge >= 0.3 is 5.97 Å². The summed E-state index contributed by atoms with van der Waals surface area (Å²) < 4.78 is 31.0. The Labute approximate surface area is 121 Å². The van der Waals surface area contributed by atoms with Crippen molar-refractivity contribution in [3.63, 3.8) is 0 Å². The first-order valence-corrected chi connectivity index (χ1v) is 8.32. The van der Waals surface area contributed by atoms with E-state index in [1.54, 1.807) is 0 Å². The van der Waals surface area contributed by atoms with Crippen molar-refractivity contribution in [2.24, 2.45) is 5.92 Å². The van der Waals surface area contributed by atoms with Gasteiger partial charge in [-0.25, -0.2) is 8.42 Å². The third-order valence-corrected chi connectivity index (χ3v) is 6.53. The predicted octanol–water partition coefficient (Wildman–Crippen LogP) is 1.19. The summed E-state index contributed by atoms with van der Waals surface area (Å²) in [4.78, 5) is 11.9. The van der Waals surface area contributed by atoms with E-state index in [1.165, 1.54) is 23.5 Å². The van der Waals surface area contributed by atoms with Gasteiger partial charge in [0.15, 0.2) is 0 Å². The summed E-state index contributed by atoms with van der Waals surface area (Å²) in [6, 6.07) is 4.84. The van der Waals surface area contributed by atoms with Crippen molar-refractivity contribution < 1.29 is 17.9 Å². The number of hydrogen-bond acceptors (Lipinski definition) is 6. The molecule has 2 rings (SSSR count). The highest BCUT2D eigenvalue weighted by atomic mass is 32.2. The summed E-state index contributed by atoms with van der Waals surface area (Å²) in [5.74, 6) is -0.798. The lowest BCUT2D eigenvalue weighted by atomic mass is 10.0. The first kappa shape index (κ1) is 15.0. The maximum atomic E-state index is 12.4. The van der Waals surface area contributed by atoms with Gasteiger partial charge in [-0.3, -0.25) is 4.79 Å². The highest BCUT2D eigenvalue weighted by molar-refractivity contribution is 7.91. The molecule has 1 fully saturated rings. The van der Waals surface area contributed by atoms with Crippen LogP contribution in [0, 0.1) is 17.2 Å². The number of carbonyl (C=O) groups excluding carboxylic acids is 1. The van der Waals surface area contributed by atoms with Crippen LogP contribution in [0.5, 0.6) is 0 Å². The molecule has 0 radical (unpaired) electrons. The van der Waals surface area contributed by atoms with Crippen LogP contribution in [-0.2, 0) is 19.6 Å². The third-order valence-electron chi connectivity index (χ3n) is 3.20. The molecular weight excluding hydrogens is 300 g/mol. The second kappa shape index (κ2) is 5.91. The molecule has 0 saturated carbocycles. The van der Waals surface area contributed by atoms with Gasteiger partial charge in [0, 0.05) is 13.1 Å². The van der Waals surface area contributed by atoms with Crippen molar-refractivity contribution in [3.8, 4) is 6.07 Å². The number of piperidine rings is 1. The Morgan fingerprint density at radius 1 is 1.55 bits per heavy atom. The van der Waals surface area contributed by atoms with Crippen molar-refractivity contribution >= 4 is 27.3 Å². The van der Waals surface area contributed by atoms with Crippen LogP contribution >= 0.6 is 11.3 Å². The van der Waals surface area contributed by atoms with Crippen LogP contribution in [0.2, 0.25) is 0 Å². The molecule has 1 saturated heterocycles. The van der Waals surface area contributed by atoms with E-state index in [-0.39, 0.29) is 16.7 Å². The molecule has 0 aliphatic carbocycles. The van der Waals surface area contributed by atoms with Gasteiger partial charge in [0.25, 0.3) is 10.0 Å². The molecule has 1 aliphatic rings. The Balaban J connectivity index is 2.21. The molecule has 20 heavy (non-hydrogen) atoms. The highest BCUT2D eigenvalue weighted by Gasteiger charge is 2.34. The van der Waals surface area contributed by atoms with Gasteiger partial charge in [-0.1, -0.05) is 0 Å². The smallest absolute Gasteiger partial charge is 0.309 e. The van der Waals surface area contributed by atoms with Crippen LogP contribution in [0.25, 0.3) is 0 Å². The maximum Gasteiger partial charge on any atom is 0.309 e. The van der Waals surface area contributed by atoms with Gasteiger partial charge in [-0.05, 0) is 25.0 Å². The van der Waals surface area contributed by atoms with Gasteiger partial charge in [0.05, 0.1) is 13.0 Å². The Morgan fingerprint density at radius 3 is 2.90 bits per heavy atom. The molecule has 108 valence electrons. The number of carbonyl (C=O) groups is 1. The van der Waals surface area contributed by atoms with Crippen molar-refractivity contribution in [2.45, 2.75) is 17.1 Å². The fourth-order valence-corrected chi connectivity index (χ4v) is 4.95. The number of thiophene rings is 1. The van der Waals surface area contributed by atoms with Gasteiger partial charge in [0.2, 0.25) is 0 Å². The molecule has 1 atom stereocenters. The zero-order chi connectivity index (χ0) is 14.8. The summed E-state index contributed by atoms with van der Waals surface area (Å²) in [5, 5.41) is 8.76.